The van der Waals surface area contributed by atoms with E-state index < -0.39 is 15.6 Å². The number of halogens is 1. The molecule has 18 heavy (non-hydrogen) atoms. The first-order valence-electron chi connectivity index (χ1n) is 5.72. The van der Waals surface area contributed by atoms with Gasteiger partial charge in [0.2, 0.25) is 10.0 Å². The average molecular weight is 292 g/mol. The van der Waals surface area contributed by atoms with Crippen molar-refractivity contribution >= 4 is 21.6 Å². The quantitative estimate of drug-likeness (QED) is 0.832. The molecule has 1 aromatic rings. The molecule has 0 aliphatic rings. The van der Waals surface area contributed by atoms with Crippen molar-refractivity contribution in [3.63, 3.8) is 0 Å². The van der Waals surface area contributed by atoms with Gasteiger partial charge < -0.3 is 5.73 Å². The molecular weight excluding hydrogens is 274 g/mol. The van der Waals surface area contributed by atoms with Crippen LogP contribution in [0.25, 0.3) is 0 Å². The molecular formula is C11H18ClN3O2S. The standard InChI is InChI=1S/C11H18ClN3O2S/c1-3-11(13,4-2)8-15-18(16,17)10-5-9(12)6-14-7-10/h5-7,15H,3-4,8,13H2,1-2H3. The van der Waals surface area contributed by atoms with Gasteiger partial charge in [0.15, 0.2) is 0 Å². The second kappa shape index (κ2) is 5.97. The smallest absolute Gasteiger partial charge is 0.242 e. The molecule has 1 aromatic heterocycles. The Kier molecular flexibility index (Phi) is 5.10. The molecule has 3 N–H and O–H groups in total. The van der Waals surface area contributed by atoms with Gasteiger partial charge in [0.25, 0.3) is 0 Å². The number of nitrogens with two attached hydrogens (primary N) is 1. The zero-order valence-electron chi connectivity index (χ0n) is 10.5. The molecule has 0 saturated carbocycles. The topological polar surface area (TPSA) is 85.1 Å². The van der Waals surface area contributed by atoms with Crippen LogP contribution in [0.1, 0.15) is 26.7 Å². The zero-order valence-corrected chi connectivity index (χ0v) is 12.1. The van der Waals surface area contributed by atoms with Crippen molar-refractivity contribution in [1.29, 1.82) is 0 Å². The number of nitrogens with zero attached hydrogens (tertiary/aromatic N) is 1. The molecule has 0 atom stereocenters. The molecule has 0 spiro atoms. The lowest BCUT2D eigenvalue weighted by Gasteiger charge is -2.26. The van der Waals surface area contributed by atoms with E-state index in [9.17, 15) is 8.42 Å². The molecule has 5 nitrogen and oxygen atoms in total. The van der Waals surface area contributed by atoms with Crippen molar-refractivity contribution in [2.24, 2.45) is 5.73 Å². The Labute approximate surface area is 113 Å². The van der Waals surface area contributed by atoms with Crippen LogP contribution < -0.4 is 10.5 Å². The summed E-state index contributed by atoms with van der Waals surface area (Å²) in [6.45, 7) is 4.05. The molecule has 0 aromatic carbocycles. The van der Waals surface area contributed by atoms with Crippen LogP contribution in [-0.2, 0) is 10.0 Å². The van der Waals surface area contributed by atoms with E-state index in [-0.39, 0.29) is 16.5 Å². The third-order valence-corrected chi connectivity index (χ3v) is 4.59. The lowest BCUT2D eigenvalue weighted by atomic mass is 9.95. The van der Waals surface area contributed by atoms with E-state index in [1.165, 1.54) is 18.5 Å². The Morgan fingerprint density at radius 3 is 2.50 bits per heavy atom. The van der Waals surface area contributed by atoms with Crippen molar-refractivity contribution in [3.05, 3.63) is 23.5 Å². The summed E-state index contributed by atoms with van der Waals surface area (Å²) >= 11 is 5.72. The largest absolute Gasteiger partial charge is 0.324 e. The van der Waals surface area contributed by atoms with Crippen molar-refractivity contribution in [1.82, 2.24) is 9.71 Å². The molecule has 0 aliphatic heterocycles. The van der Waals surface area contributed by atoms with Crippen LogP contribution in [-0.4, -0.2) is 25.5 Å². The lowest BCUT2D eigenvalue weighted by molar-refractivity contribution is 0.391. The second-order valence-corrected chi connectivity index (χ2v) is 6.44. The lowest BCUT2D eigenvalue weighted by Crippen LogP contribution is -2.49. The van der Waals surface area contributed by atoms with Gasteiger partial charge in [-0.2, -0.15) is 0 Å². The van der Waals surface area contributed by atoms with Crippen LogP contribution >= 0.6 is 11.6 Å². The molecule has 7 heteroatoms. The molecule has 0 bridgehead atoms. The summed E-state index contributed by atoms with van der Waals surface area (Å²) in [5, 5.41) is 0.280. The Balaban J connectivity index is 2.84. The summed E-state index contributed by atoms with van der Waals surface area (Å²) in [5.74, 6) is 0. The van der Waals surface area contributed by atoms with Gasteiger partial charge in [0.1, 0.15) is 4.90 Å². The molecule has 102 valence electrons. The van der Waals surface area contributed by atoms with Gasteiger partial charge in [-0.1, -0.05) is 25.4 Å². The Bertz CT molecular complexity index is 501. The number of aromatic nitrogens is 1. The van der Waals surface area contributed by atoms with E-state index in [0.29, 0.717) is 12.8 Å². The molecule has 1 heterocycles. The fourth-order valence-electron chi connectivity index (χ4n) is 1.36. The summed E-state index contributed by atoms with van der Waals surface area (Å²) in [6.07, 6.45) is 4.02. The number of pyridine rings is 1. The number of nitrogens with one attached hydrogen (secondary N) is 1. The van der Waals surface area contributed by atoms with Crippen LogP contribution in [0.3, 0.4) is 0 Å². The van der Waals surface area contributed by atoms with E-state index >= 15 is 0 Å². The van der Waals surface area contributed by atoms with Crippen molar-refractivity contribution in [2.45, 2.75) is 37.1 Å². The number of hydrogen-bond donors (Lipinski definition) is 2. The van der Waals surface area contributed by atoms with E-state index in [1.807, 2.05) is 13.8 Å². The highest BCUT2D eigenvalue weighted by Gasteiger charge is 2.24. The first kappa shape index (κ1) is 15.4. The van der Waals surface area contributed by atoms with Gasteiger partial charge in [0.05, 0.1) is 5.02 Å². The van der Waals surface area contributed by atoms with Crippen molar-refractivity contribution < 1.29 is 8.42 Å². The number of rotatable bonds is 6. The number of hydrogen-bond acceptors (Lipinski definition) is 4. The average Bonchev–Trinajstić information content (AvgIpc) is 2.36. The summed E-state index contributed by atoms with van der Waals surface area (Å²) in [6, 6.07) is 1.35. The molecule has 0 fully saturated rings. The Hall–Kier alpha value is -0.690. The minimum Gasteiger partial charge on any atom is -0.324 e. The third-order valence-electron chi connectivity index (χ3n) is 3.01. The van der Waals surface area contributed by atoms with E-state index in [2.05, 4.69) is 9.71 Å². The molecule has 0 radical (unpaired) electrons. The Morgan fingerprint density at radius 2 is 2.00 bits per heavy atom. The van der Waals surface area contributed by atoms with E-state index in [0.717, 1.165) is 0 Å². The highest BCUT2D eigenvalue weighted by atomic mass is 35.5. The normalized spacial score (nSPS) is 12.7. The fraction of sp³-hybridized carbons (Fsp3) is 0.545. The molecule has 0 amide bonds. The van der Waals surface area contributed by atoms with Crippen molar-refractivity contribution in [2.75, 3.05) is 6.54 Å². The maximum atomic E-state index is 12.0. The van der Waals surface area contributed by atoms with Gasteiger partial charge in [-0.3, -0.25) is 4.98 Å². The zero-order chi connectivity index (χ0) is 13.8. The van der Waals surface area contributed by atoms with Crippen LogP contribution in [0, 0.1) is 0 Å². The SMILES string of the molecule is CCC(N)(CC)CNS(=O)(=O)c1cncc(Cl)c1. The van der Waals surface area contributed by atoms with Gasteiger partial charge in [-0.25, -0.2) is 13.1 Å². The van der Waals surface area contributed by atoms with Crippen LogP contribution in [0.4, 0.5) is 0 Å². The second-order valence-electron chi connectivity index (χ2n) is 4.23. The highest BCUT2D eigenvalue weighted by Crippen LogP contribution is 2.15. The Morgan fingerprint density at radius 1 is 1.39 bits per heavy atom. The fourth-order valence-corrected chi connectivity index (χ4v) is 2.73. The highest BCUT2D eigenvalue weighted by molar-refractivity contribution is 7.89. The minimum atomic E-state index is -3.61. The van der Waals surface area contributed by atoms with Gasteiger partial charge in [-0.05, 0) is 18.9 Å². The maximum absolute atomic E-state index is 12.0. The molecule has 0 saturated heterocycles. The number of sulfonamides is 1. The molecule has 0 unspecified atom stereocenters. The first-order chi connectivity index (χ1) is 8.33. The third kappa shape index (κ3) is 3.91. The van der Waals surface area contributed by atoms with Crippen molar-refractivity contribution in [3.8, 4) is 0 Å². The minimum absolute atomic E-state index is 0.0459. The summed E-state index contributed by atoms with van der Waals surface area (Å²) in [4.78, 5) is 3.80. The van der Waals surface area contributed by atoms with Crippen LogP contribution in [0.2, 0.25) is 5.02 Å². The summed E-state index contributed by atoms with van der Waals surface area (Å²) < 4.78 is 26.5. The molecule has 0 aliphatic carbocycles. The summed E-state index contributed by atoms with van der Waals surface area (Å²) in [5.41, 5.74) is 5.51. The van der Waals surface area contributed by atoms with E-state index in [4.69, 9.17) is 17.3 Å². The monoisotopic (exact) mass is 291 g/mol. The maximum Gasteiger partial charge on any atom is 0.242 e. The van der Waals surface area contributed by atoms with Gasteiger partial charge in [0, 0.05) is 24.5 Å². The summed E-state index contributed by atoms with van der Waals surface area (Å²) in [7, 11) is -3.61. The van der Waals surface area contributed by atoms with Crippen LogP contribution in [0.5, 0.6) is 0 Å². The first-order valence-corrected chi connectivity index (χ1v) is 7.58. The predicted octanol–water partition coefficient (Wildman–Crippen LogP) is 1.53. The van der Waals surface area contributed by atoms with E-state index in [1.54, 1.807) is 0 Å². The van der Waals surface area contributed by atoms with Gasteiger partial charge >= 0.3 is 0 Å². The molecule has 1 rings (SSSR count). The van der Waals surface area contributed by atoms with Crippen LogP contribution in [0.15, 0.2) is 23.4 Å². The van der Waals surface area contributed by atoms with Gasteiger partial charge in [-0.15, -0.1) is 0 Å². The predicted molar refractivity (Wildman–Crippen MR) is 71.9 cm³/mol.